The van der Waals surface area contributed by atoms with Crippen LogP contribution in [-0.4, -0.2) is 37.1 Å². The number of halogens is 1. The van der Waals surface area contributed by atoms with Gasteiger partial charge in [0.25, 0.3) is 5.91 Å². The predicted octanol–water partition coefficient (Wildman–Crippen LogP) is 4.75. The zero-order chi connectivity index (χ0) is 27.3. The fourth-order valence-electron chi connectivity index (χ4n) is 4.51. The minimum Gasteiger partial charge on any atom is -0.355 e. The zero-order valence-electron chi connectivity index (χ0n) is 21.5. The minimum atomic E-state index is -4.00. The van der Waals surface area contributed by atoms with Crippen molar-refractivity contribution in [3.05, 3.63) is 99.6 Å². The molecule has 4 rings (SSSR count). The van der Waals surface area contributed by atoms with Crippen LogP contribution in [0.25, 0.3) is 0 Å². The number of hydrogen-bond acceptors (Lipinski definition) is 4. The van der Waals surface area contributed by atoms with E-state index in [4.69, 9.17) is 11.6 Å². The molecule has 0 saturated carbocycles. The lowest BCUT2D eigenvalue weighted by Crippen LogP contribution is -2.48. The summed E-state index contributed by atoms with van der Waals surface area (Å²) in [6, 6.07) is 18.0. The van der Waals surface area contributed by atoms with Gasteiger partial charge in [-0.05, 0) is 86.2 Å². The Bertz CT molecular complexity index is 1410. The number of benzene rings is 3. The van der Waals surface area contributed by atoms with Crippen LogP contribution in [0.3, 0.4) is 0 Å². The van der Waals surface area contributed by atoms with Gasteiger partial charge in [0, 0.05) is 30.2 Å². The number of aryl methyl sites for hydroxylation is 2. The summed E-state index contributed by atoms with van der Waals surface area (Å²) >= 11 is 5.97. The Morgan fingerprint density at radius 2 is 1.74 bits per heavy atom. The van der Waals surface area contributed by atoms with E-state index in [1.54, 1.807) is 24.3 Å². The zero-order valence-corrected chi connectivity index (χ0v) is 23.1. The summed E-state index contributed by atoms with van der Waals surface area (Å²) in [7, 11) is -4.00. The Balaban J connectivity index is 1.54. The summed E-state index contributed by atoms with van der Waals surface area (Å²) in [6.45, 7) is 4.95. The molecular formula is C29H32ClN3O4S. The van der Waals surface area contributed by atoms with E-state index < -0.39 is 16.1 Å². The number of carbonyl (C=O) groups excluding carboxylic acids is 2. The molecule has 1 saturated heterocycles. The van der Waals surface area contributed by atoms with Crippen LogP contribution in [0.1, 0.15) is 51.9 Å². The number of sulfonamides is 1. The van der Waals surface area contributed by atoms with Crippen LogP contribution in [0, 0.1) is 13.8 Å². The van der Waals surface area contributed by atoms with Crippen LogP contribution >= 0.6 is 11.6 Å². The second-order valence-corrected chi connectivity index (χ2v) is 11.9. The Morgan fingerprint density at radius 1 is 1.03 bits per heavy atom. The molecule has 1 atom stereocenters. The monoisotopic (exact) mass is 553 g/mol. The molecule has 3 aromatic carbocycles. The second kappa shape index (κ2) is 12.1. The van der Waals surface area contributed by atoms with Gasteiger partial charge >= 0.3 is 0 Å². The molecule has 1 fully saturated rings. The highest BCUT2D eigenvalue weighted by molar-refractivity contribution is 7.89. The average molecular weight is 554 g/mol. The van der Waals surface area contributed by atoms with Crippen LogP contribution in [-0.2, 0) is 27.9 Å². The van der Waals surface area contributed by atoms with Crippen molar-refractivity contribution >= 4 is 33.4 Å². The summed E-state index contributed by atoms with van der Waals surface area (Å²) in [4.78, 5) is 25.7. The summed E-state index contributed by atoms with van der Waals surface area (Å²) in [6.07, 6.45) is 1.95. The fraction of sp³-hybridized carbons (Fsp3) is 0.310. The van der Waals surface area contributed by atoms with Gasteiger partial charge in [-0.15, -0.1) is 0 Å². The number of nitrogens with one attached hydrogen (secondary N) is 2. The standard InChI is InChI=1S/C29H32ClN3O4S/c1-20-6-7-21(2)24(17-20)18-32-28(34)23-10-8-22(9-11-23)19-33(27-5-3-4-16-31-29(27)35)38(36,37)26-14-12-25(30)13-15-26/h6-15,17,27H,3-5,16,18-19H2,1-2H3,(H,31,35)(H,32,34)/t27-/m1/s1. The third-order valence-electron chi connectivity index (χ3n) is 6.77. The van der Waals surface area contributed by atoms with Gasteiger partial charge in [0.2, 0.25) is 15.9 Å². The molecule has 200 valence electrons. The molecule has 0 aromatic heterocycles. The van der Waals surface area contributed by atoms with E-state index >= 15 is 0 Å². The van der Waals surface area contributed by atoms with Gasteiger partial charge in [0.1, 0.15) is 6.04 Å². The van der Waals surface area contributed by atoms with Gasteiger partial charge < -0.3 is 10.6 Å². The van der Waals surface area contributed by atoms with E-state index in [2.05, 4.69) is 16.7 Å². The predicted molar refractivity (Wildman–Crippen MR) is 148 cm³/mol. The van der Waals surface area contributed by atoms with E-state index in [0.29, 0.717) is 35.7 Å². The maximum absolute atomic E-state index is 13.7. The van der Waals surface area contributed by atoms with Crippen LogP contribution < -0.4 is 10.6 Å². The highest BCUT2D eigenvalue weighted by Crippen LogP contribution is 2.26. The smallest absolute Gasteiger partial charge is 0.251 e. The van der Waals surface area contributed by atoms with Crippen molar-refractivity contribution in [1.29, 1.82) is 0 Å². The normalized spacial score (nSPS) is 16.1. The summed E-state index contributed by atoms with van der Waals surface area (Å²) in [5.41, 5.74) is 4.43. The van der Waals surface area contributed by atoms with E-state index in [-0.39, 0.29) is 23.3 Å². The first kappa shape index (κ1) is 27.8. The van der Waals surface area contributed by atoms with Crippen LogP contribution in [0.15, 0.2) is 71.6 Å². The van der Waals surface area contributed by atoms with Gasteiger partial charge in [0.15, 0.2) is 0 Å². The van der Waals surface area contributed by atoms with Gasteiger partial charge in [-0.1, -0.05) is 47.5 Å². The molecule has 1 heterocycles. The van der Waals surface area contributed by atoms with E-state index in [9.17, 15) is 18.0 Å². The molecule has 0 spiro atoms. The lowest BCUT2D eigenvalue weighted by atomic mass is 10.1. The molecule has 0 aliphatic carbocycles. The van der Waals surface area contributed by atoms with Crippen LogP contribution in [0.4, 0.5) is 0 Å². The lowest BCUT2D eigenvalue weighted by molar-refractivity contribution is -0.124. The number of hydrogen-bond donors (Lipinski definition) is 2. The van der Waals surface area contributed by atoms with E-state index in [1.165, 1.54) is 28.6 Å². The van der Waals surface area contributed by atoms with Crippen molar-refractivity contribution < 1.29 is 18.0 Å². The summed E-state index contributed by atoms with van der Waals surface area (Å²) < 4.78 is 28.6. The molecular weight excluding hydrogens is 522 g/mol. The quantitative estimate of drug-likeness (QED) is 0.421. The third kappa shape index (κ3) is 6.62. The Kier molecular flexibility index (Phi) is 8.87. The van der Waals surface area contributed by atoms with Crippen LogP contribution in [0.5, 0.6) is 0 Å². The van der Waals surface area contributed by atoms with Crippen molar-refractivity contribution in [3.63, 3.8) is 0 Å². The molecule has 9 heteroatoms. The number of rotatable bonds is 8. The third-order valence-corrected chi connectivity index (χ3v) is 8.89. The number of nitrogens with zero attached hydrogens (tertiary/aromatic N) is 1. The summed E-state index contributed by atoms with van der Waals surface area (Å²) in [5.74, 6) is -0.520. The Hall–Kier alpha value is -3.20. The van der Waals surface area contributed by atoms with Crippen molar-refractivity contribution in [2.45, 2.75) is 57.1 Å². The fourth-order valence-corrected chi connectivity index (χ4v) is 6.24. The van der Waals surface area contributed by atoms with Gasteiger partial charge in [0.05, 0.1) is 4.90 Å². The van der Waals surface area contributed by atoms with Gasteiger partial charge in [-0.25, -0.2) is 8.42 Å². The summed E-state index contributed by atoms with van der Waals surface area (Å²) in [5, 5.41) is 6.21. The molecule has 3 aromatic rings. The van der Waals surface area contributed by atoms with E-state index in [1.807, 2.05) is 26.0 Å². The lowest BCUT2D eigenvalue weighted by Gasteiger charge is -2.29. The second-order valence-electron chi connectivity index (χ2n) is 9.62. The first-order valence-electron chi connectivity index (χ1n) is 12.6. The molecule has 0 unspecified atom stereocenters. The van der Waals surface area contributed by atoms with Crippen molar-refractivity contribution in [2.24, 2.45) is 0 Å². The maximum Gasteiger partial charge on any atom is 0.251 e. The molecule has 2 amide bonds. The first-order chi connectivity index (χ1) is 18.1. The van der Waals surface area contributed by atoms with Crippen LogP contribution in [0.2, 0.25) is 5.02 Å². The molecule has 7 nitrogen and oxygen atoms in total. The minimum absolute atomic E-state index is 0.00652. The Labute approximate surface area is 229 Å². The molecule has 2 N–H and O–H groups in total. The highest BCUT2D eigenvalue weighted by Gasteiger charge is 2.36. The van der Waals surface area contributed by atoms with Crippen molar-refractivity contribution in [2.75, 3.05) is 6.54 Å². The molecule has 0 radical (unpaired) electrons. The topological polar surface area (TPSA) is 95.6 Å². The first-order valence-corrected chi connectivity index (χ1v) is 14.5. The van der Waals surface area contributed by atoms with Gasteiger partial charge in [-0.2, -0.15) is 4.31 Å². The van der Waals surface area contributed by atoms with Crippen molar-refractivity contribution in [3.8, 4) is 0 Å². The molecule has 1 aliphatic rings. The molecule has 0 bridgehead atoms. The molecule has 38 heavy (non-hydrogen) atoms. The largest absolute Gasteiger partial charge is 0.355 e. The number of carbonyl (C=O) groups is 2. The van der Waals surface area contributed by atoms with E-state index in [0.717, 1.165) is 29.5 Å². The Morgan fingerprint density at radius 3 is 2.45 bits per heavy atom. The van der Waals surface area contributed by atoms with Gasteiger partial charge in [-0.3, -0.25) is 9.59 Å². The molecule has 1 aliphatic heterocycles. The van der Waals surface area contributed by atoms with Crippen molar-refractivity contribution in [1.82, 2.24) is 14.9 Å². The highest BCUT2D eigenvalue weighted by atomic mass is 35.5. The average Bonchev–Trinajstić information content (AvgIpc) is 3.12. The number of amides is 2. The SMILES string of the molecule is Cc1ccc(C)c(CNC(=O)c2ccc(CN([C@@H]3CCCCNC3=O)S(=O)(=O)c3ccc(Cl)cc3)cc2)c1. The maximum atomic E-state index is 13.7.